The number of nitrogens with zero attached hydrogens (tertiary/aromatic N) is 8. The molecule has 10 rings (SSSR count). The number of halogens is 3. The van der Waals surface area contributed by atoms with Crippen LogP contribution in [-0.2, 0) is 20.6 Å². The van der Waals surface area contributed by atoms with E-state index in [0.29, 0.717) is 79.3 Å². The molecule has 18 nitrogen and oxygen atoms in total. The van der Waals surface area contributed by atoms with E-state index in [1.807, 2.05) is 39.6 Å². The Morgan fingerprint density at radius 3 is 2.31 bits per heavy atom. The number of fused-ring (bicyclic) bond motifs is 3. The molecule has 1 saturated carbocycles. The third-order valence-electron chi connectivity index (χ3n) is 16.1. The summed E-state index contributed by atoms with van der Waals surface area (Å²) >= 11 is 0. The fourth-order valence-electron chi connectivity index (χ4n) is 11.7. The van der Waals surface area contributed by atoms with Gasteiger partial charge in [0.05, 0.1) is 22.5 Å². The fourth-order valence-corrected chi connectivity index (χ4v) is 11.7. The number of piperidine rings is 2. The molecule has 410 valence electrons. The zero-order chi connectivity index (χ0) is 54.7. The van der Waals surface area contributed by atoms with Crippen LogP contribution in [0.25, 0.3) is 28.2 Å². The molecule has 78 heavy (non-hydrogen) atoms. The monoisotopic (exact) mass is 1070 g/mol. The number of anilines is 3. The van der Waals surface area contributed by atoms with E-state index < -0.39 is 23.7 Å². The minimum Gasteiger partial charge on any atom is -0.383 e. The molecule has 0 spiro atoms. The number of carbonyl (C=O) groups is 6. The zero-order valence-electron chi connectivity index (χ0n) is 43.7. The van der Waals surface area contributed by atoms with Crippen LogP contribution >= 0.6 is 0 Å². The number of carbonyl (C=O) groups excluding carboxylic acids is 6. The number of hydrogen-bond acceptors (Lipinski definition) is 11. The molecular weight excluding hydrogens is 1010 g/mol. The molecule has 5 aromatic rings. The predicted octanol–water partition coefficient (Wildman–Crippen LogP) is 7.99. The molecule has 21 heteroatoms. The maximum Gasteiger partial charge on any atom is 0.416 e. The number of nitrogens with one attached hydrogen (secondary N) is 3. The van der Waals surface area contributed by atoms with Crippen LogP contribution in [0.15, 0.2) is 73.1 Å². The van der Waals surface area contributed by atoms with E-state index in [1.54, 1.807) is 42.6 Å². The molecular formula is C57H65F3N12O6. The fraction of sp³-hybridized carbons (Fsp3) is 0.456. The number of aromatic nitrogens is 4. The minimum atomic E-state index is -4.59. The summed E-state index contributed by atoms with van der Waals surface area (Å²) < 4.78 is 41.9. The second-order valence-electron chi connectivity index (χ2n) is 21.4. The van der Waals surface area contributed by atoms with Crippen molar-refractivity contribution in [3.63, 3.8) is 0 Å². The highest BCUT2D eigenvalue weighted by Crippen LogP contribution is 2.40. The van der Waals surface area contributed by atoms with Gasteiger partial charge in [0, 0.05) is 105 Å². The van der Waals surface area contributed by atoms with E-state index in [0.717, 1.165) is 99.6 Å². The maximum atomic E-state index is 14.1. The number of benzene rings is 2. The first-order valence-electron chi connectivity index (χ1n) is 27.1. The molecule has 7 heterocycles. The van der Waals surface area contributed by atoms with Gasteiger partial charge in [0.2, 0.25) is 17.7 Å². The van der Waals surface area contributed by atoms with Crippen LogP contribution in [0.2, 0.25) is 0 Å². The topological polar surface area (TPSA) is 221 Å². The van der Waals surface area contributed by atoms with Gasteiger partial charge in [-0.15, -0.1) is 0 Å². The maximum absolute atomic E-state index is 14.1. The lowest BCUT2D eigenvalue weighted by molar-refractivity contribution is -0.137. The summed E-state index contributed by atoms with van der Waals surface area (Å²) in [6.07, 6.45) is 10.1. The lowest BCUT2D eigenvalue weighted by Gasteiger charge is -2.38. The van der Waals surface area contributed by atoms with Crippen LogP contribution in [0.5, 0.6) is 0 Å². The smallest absolute Gasteiger partial charge is 0.383 e. The van der Waals surface area contributed by atoms with E-state index >= 15 is 0 Å². The van der Waals surface area contributed by atoms with Gasteiger partial charge < -0.3 is 31.1 Å². The van der Waals surface area contributed by atoms with Gasteiger partial charge in [0.15, 0.2) is 0 Å². The average molecular weight is 1070 g/mol. The van der Waals surface area contributed by atoms with Gasteiger partial charge in [0.25, 0.3) is 11.8 Å². The quantitative estimate of drug-likeness (QED) is 0.111. The van der Waals surface area contributed by atoms with Gasteiger partial charge in [-0.25, -0.2) is 14.8 Å². The van der Waals surface area contributed by atoms with E-state index in [1.165, 1.54) is 4.90 Å². The highest BCUT2D eigenvalue weighted by Gasteiger charge is 2.34. The van der Waals surface area contributed by atoms with Gasteiger partial charge in [-0.1, -0.05) is 30.4 Å². The Morgan fingerprint density at radius 1 is 0.808 bits per heavy atom. The number of alkyl halides is 3. The number of likely N-dealkylation sites (tertiary alicyclic amines) is 2. The molecule has 5 aliphatic rings. The summed E-state index contributed by atoms with van der Waals surface area (Å²) in [5.41, 5.74) is 10.7. The van der Waals surface area contributed by atoms with Crippen molar-refractivity contribution in [1.82, 2.24) is 45.1 Å². The highest BCUT2D eigenvalue weighted by molar-refractivity contribution is 6.07. The van der Waals surface area contributed by atoms with Crippen LogP contribution in [0.1, 0.15) is 120 Å². The Hall–Kier alpha value is -7.68. The Kier molecular flexibility index (Phi) is 15.9. The second-order valence-corrected chi connectivity index (χ2v) is 21.4. The van der Waals surface area contributed by atoms with E-state index in [-0.39, 0.29) is 78.2 Å². The normalized spacial score (nSPS) is 20.9. The Balaban J connectivity index is 0.757. The number of nitrogens with two attached hydrogens (primary N) is 1. The van der Waals surface area contributed by atoms with E-state index in [4.69, 9.17) is 10.8 Å². The van der Waals surface area contributed by atoms with Crippen molar-refractivity contribution in [1.29, 1.82) is 0 Å². The number of hydrogen-bond donors (Lipinski definition) is 4. The van der Waals surface area contributed by atoms with Gasteiger partial charge in [0.1, 0.15) is 17.3 Å². The van der Waals surface area contributed by atoms with Gasteiger partial charge >= 0.3 is 12.2 Å². The standard InChI is InChI=1S/C57H65F3N12O6/c1-35-8-9-40(30-45(35)71-28-20-48(74)66-56(71)78)55(77)70-25-17-37(18-26-70)34-68-23-15-36(16-24-68)29-49(75)69-22-3-2-5-41-33-63-53(61)50-51(67-72(52(41)50)44-7-4-6-43(32-44)64-47(73)19-27-69)38-10-12-39(13-11-38)54(76)65-46-31-42(14-21-62-46)57(58,59)60/h2,5,8-14,21,30-31,33,36-37,43-44H,3-4,6-7,15-20,22-29,32,34H2,1H3,(H2,61,63)(H,64,73)(H,62,65,76)(H,66,74,78)/b5-2+/t43-,44-/m1/s1. The van der Waals surface area contributed by atoms with Crippen molar-refractivity contribution < 1.29 is 41.9 Å². The summed E-state index contributed by atoms with van der Waals surface area (Å²) in [4.78, 5) is 95.1. The van der Waals surface area contributed by atoms with Crippen LogP contribution in [0, 0.1) is 18.8 Å². The molecule has 2 bridgehead atoms. The highest BCUT2D eigenvalue weighted by atomic mass is 19.4. The number of urea groups is 1. The molecule has 0 radical (unpaired) electrons. The van der Waals surface area contributed by atoms with Crippen molar-refractivity contribution >= 4 is 69.9 Å². The van der Waals surface area contributed by atoms with Gasteiger partial charge in [-0.2, -0.15) is 18.3 Å². The van der Waals surface area contributed by atoms with E-state index in [2.05, 4.69) is 30.8 Å². The number of pyridine rings is 2. The minimum absolute atomic E-state index is 0.0406. The summed E-state index contributed by atoms with van der Waals surface area (Å²) in [6.45, 7) is 6.91. The van der Waals surface area contributed by atoms with Crippen LogP contribution in [0.4, 0.5) is 35.3 Å². The second kappa shape index (κ2) is 23.1. The first-order chi connectivity index (χ1) is 37.5. The number of imide groups is 1. The van der Waals surface area contributed by atoms with Crippen LogP contribution < -0.4 is 26.6 Å². The lowest BCUT2D eigenvalue weighted by Crippen LogP contribution is -2.50. The SMILES string of the molecule is Cc1ccc(C(=O)N2CCC(CN3CCC(CC(=O)N4CC/C=C/c5cnc(N)c6c(-c7ccc(C(=O)Nc8cc(C(F)(F)F)ccn8)cc7)nn(c56)[C@@H]5CCC[C@H](C5)NC(=O)CC4)CC3)CC2)cc1N1CCC(=O)NC1=O. The number of aryl methyl sites for hydroxylation is 1. The van der Waals surface area contributed by atoms with Crippen molar-refractivity contribution in [2.45, 2.75) is 102 Å². The number of amides is 7. The molecule has 4 fully saturated rings. The van der Waals surface area contributed by atoms with Gasteiger partial charge in [-0.05, 0) is 132 Å². The predicted molar refractivity (Wildman–Crippen MR) is 288 cm³/mol. The molecule has 2 aromatic carbocycles. The van der Waals surface area contributed by atoms with Crippen molar-refractivity contribution in [2.24, 2.45) is 11.8 Å². The molecule has 3 saturated heterocycles. The largest absolute Gasteiger partial charge is 0.416 e. The van der Waals surface area contributed by atoms with E-state index in [9.17, 15) is 41.9 Å². The van der Waals surface area contributed by atoms with Crippen LogP contribution in [0.3, 0.4) is 0 Å². The molecule has 1 aliphatic carbocycles. The molecule has 4 aliphatic heterocycles. The molecule has 5 N–H and O–H groups in total. The molecule has 0 unspecified atom stereocenters. The van der Waals surface area contributed by atoms with Crippen molar-refractivity contribution in [3.05, 3.63) is 101 Å². The summed E-state index contributed by atoms with van der Waals surface area (Å²) in [5, 5.41) is 13.9. The van der Waals surface area contributed by atoms with Crippen LogP contribution in [-0.4, -0.2) is 128 Å². The number of rotatable bonds is 9. The van der Waals surface area contributed by atoms with Crippen molar-refractivity contribution in [2.75, 3.05) is 68.3 Å². The number of nitrogen functional groups attached to an aromatic ring is 1. The average Bonchev–Trinajstić information content (AvgIpc) is 3.99. The summed E-state index contributed by atoms with van der Waals surface area (Å²) in [5.74, 6) is -0.362. The van der Waals surface area contributed by atoms with Gasteiger partial charge in [-0.3, -0.25) is 38.9 Å². The molecule has 7 amide bonds. The summed E-state index contributed by atoms with van der Waals surface area (Å²) in [6, 6.07) is 12.9. The third kappa shape index (κ3) is 12.2. The lowest BCUT2D eigenvalue weighted by atomic mass is 9.90. The Bertz CT molecular complexity index is 3130. The first-order valence-corrected chi connectivity index (χ1v) is 27.1. The van der Waals surface area contributed by atoms with Crippen molar-refractivity contribution in [3.8, 4) is 11.3 Å². The summed E-state index contributed by atoms with van der Waals surface area (Å²) in [7, 11) is 0. The molecule has 3 aromatic heterocycles. The molecule has 2 atom stereocenters. The third-order valence-corrected chi connectivity index (χ3v) is 16.1. The Morgan fingerprint density at radius 2 is 1.55 bits per heavy atom. The first kappa shape index (κ1) is 53.7. The zero-order valence-corrected chi connectivity index (χ0v) is 43.7. The Labute approximate surface area is 450 Å².